The standard InChI is InChI=1S/C17H27NO6/c1-20-11-13(19)9-18-7-8-23-14(10-18)12-24-17-15(21-2)5-4-6-16(17)22-3/h4-6,13-14,19H,7-12H2,1-3H3. The summed E-state index contributed by atoms with van der Waals surface area (Å²) in [7, 11) is 4.77. The zero-order valence-corrected chi connectivity index (χ0v) is 14.6. The second-order valence-electron chi connectivity index (χ2n) is 5.66. The molecule has 1 N–H and O–H groups in total. The van der Waals surface area contributed by atoms with Crippen molar-refractivity contribution in [1.82, 2.24) is 4.90 Å². The first-order chi connectivity index (χ1) is 11.7. The minimum absolute atomic E-state index is 0.0805. The van der Waals surface area contributed by atoms with E-state index in [4.69, 9.17) is 23.7 Å². The van der Waals surface area contributed by atoms with Crippen molar-refractivity contribution < 1.29 is 28.8 Å². The molecule has 1 aromatic carbocycles. The average Bonchev–Trinajstić information content (AvgIpc) is 2.60. The van der Waals surface area contributed by atoms with Gasteiger partial charge < -0.3 is 28.8 Å². The van der Waals surface area contributed by atoms with E-state index in [1.807, 2.05) is 18.2 Å². The minimum atomic E-state index is -0.496. The van der Waals surface area contributed by atoms with Gasteiger partial charge in [0.05, 0.1) is 33.5 Å². The molecule has 7 nitrogen and oxygen atoms in total. The van der Waals surface area contributed by atoms with Crippen molar-refractivity contribution in [2.75, 3.05) is 60.8 Å². The zero-order valence-electron chi connectivity index (χ0n) is 14.6. The Morgan fingerprint density at radius 1 is 1.25 bits per heavy atom. The molecule has 0 radical (unpaired) electrons. The number of hydrogen-bond donors (Lipinski definition) is 1. The SMILES string of the molecule is COCC(O)CN1CCOC(COc2c(OC)cccc2OC)C1. The van der Waals surface area contributed by atoms with Crippen LogP contribution in [-0.4, -0.2) is 83.0 Å². The molecule has 1 aliphatic heterocycles. The van der Waals surface area contributed by atoms with Gasteiger partial charge in [0.25, 0.3) is 0 Å². The summed E-state index contributed by atoms with van der Waals surface area (Å²) in [6.45, 7) is 3.36. The molecule has 1 saturated heterocycles. The summed E-state index contributed by atoms with van der Waals surface area (Å²) in [5.74, 6) is 1.82. The molecule has 0 bridgehead atoms. The fourth-order valence-electron chi connectivity index (χ4n) is 2.73. The van der Waals surface area contributed by atoms with Crippen LogP contribution in [0.5, 0.6) is 17.2 Å². The molecule has 7 heteroatoms. The molecule has 0 aromatic heterocycles. The number of hydrogen-bond acceptors (Lipinski definition) is 7. The van der Waals surface area contributed by atoms with Gasteiger partial charge in [-0.15, -0.1) is 0 Å². The summed E-state index contributed by atoms with van der Waals surface area (Å²) in [6.07, 6.45) is -0.577. The molecule has 0 spiro atoms. The van der Waals surface area contributed by atoms with E-state index in [2.05, 4.69) is 4.90 Å². The lowest BCUT2D eigenvalue weighted by atomic mass is 10.2. The highest BCUT2D eigenvalue weighted by Crippen LogP contribution is 2.36. The summed E-state index contributed by atoms with van der Waals surface area (Å²) in [4.78, 5) is 2.15. The number of ether oxygens (including phenoxy) is 5. The molecule has 1 fully saturated rings. The van der Waals surface area contributed by atoms with E-state index in [1.165, 1.54) is 0 Å². The summed E-state index contributed by atoms with van der Waals surface area (Å²) in [5.41, 5.74) is 0. The first kappa shape index (κ1) is 18.8. The third kappa shape index (κ3) is 5.24. The van der Waals surface area contributed by atoms with Crippen LogP contribution in [0, 0.1) is 0 Å². The summed E-state index contributed by atoms with van der Waals surface area (Å²) < 4.78 is 27.3. The van der Waals surface area contributed by atoms with Gasteiger partial charge in [0.1, 0.15) is 12.7 Å². The molecule has 24 heavy (non-hydrogen) atoms. The maximum absolute atomic E-state index is 9.86. The van der Waals surface area contributed by atoms with Gasteiger partial charge in [-0.3, -0.25) is 4.90 Å². The molecular formula is C17H27NO6. The largest absolute Gasteiger partial charge is 0.493 e. The summed E-state index contributed by atoms with van der Waals surface area (Å²) >= 11 is 0. The van der Waals surface area contributed by atoms with Gasteiger partial charge in [0.2, 0.25) is 5.75 Å². The Morgan fingerprint density at radius 3 is 2.58 bits per heavy atom. The Labute approximate surface area is 143 Å². The highest BCUT2D eigenvalue weighted by atomic mass is 16.6. The lowest BCUT2D eigenvalue weighted by Crippen LogP contribution is -2.48. The van der Waals surface area contributed by atoms with Gasteiger partial charge in [-0.2, -0.15) is 0 Å². The first-order valence-electron chi connectivity index (χ1n) is 8.02. The smallest absolute Gasteiger partial charge is 0.203 e. The fraction of sp³-hybridized carbons (Fsp3) is 0.647. The van der Waals surface area contributed by atoms with Crippen LogP contribution in [0.1, 0.15) is 0 Å². The first-order valence-corrected chi connectivity index (χ1v) is 8.02. The molecule has 2 unspecified atom stereocenters. The molecule has 1 aliphatic rings. The lowest BCUT2D eigenvalue weighted by molar-refractivity contribution is -0.0629. The van der Waals surface area contributed by atoms with Gasteiger partial charge in [0.15, 0.2) is 11.5 Å². The maximum atomic E-state index is 9.86. The van der Waals surface area contributed by atoms with E-state index in [0.717, 1.165) is 6.54 Å². The quantitative estimate of drug-likeness (QED) is 0.712. The topological polar surface area (TPSA) is 69.6 Å². The van der Waals surface area contributed by atoms with Gasteiger partial charge in [-0.1, -0.05) is 6.07 Å². The van der Waals surface area contributed by atoms with E-state index in [1.54, 1.807) is 21.3 Å². The molecule has 0 aliphatic carbocycles. The van der Waals surface area contributed by atoms with Gasteiger partial charge >= 0.3 is 0 Å². The van der Waals surface area contributed by atoms with E-state index < -0.39 is 6.10 Å². The minimum Gasteiger partial charge on any atom is -0.493 e. The maximum Gasteiger partial charge on any atom is 0.203 e. The van der Waals surface area contributed by atoms with Gasteiger partial charge in [-0.05, 0) is 12.1 Å². The molecule has 1 heterocycles. The van der Waals surface area contributed by atoms with Gasteiger partial charge in [0, 0.05) is 26.7 Å². The van der Waals surface area contributed by atoms with E-state index in [0.29, 0.717) is 50.2 Å². The molecular weight excluding hydrogens is 314 g/mol. The monoisotopic (exact) mass is 341 g/mol. The van der Waals surface area contributed by atoms with Crippen LogP contribution in [0.25, 0.3) is 0 Å². The van der Waals surface area contributed by atoms with Crippen molar-refractivity contribution in [2.24, 2.45) is 0 Å². The predicted octanol–water partition coefficient (Wildman–Crippen LogP) is 0.791. The average molecular weight is 341 g/mol. The van der Waals surface area contributed by atoms with Crippen molar-refractivity contribution in [2.45, 2.75) is 12.2 Å². The molecule has 1 aromatic rings. The van der Waals surface area contributed by atoms with Crippen LogP contribution in [0.2, 0.25) is 0 Å². The Hall–Kier alpha value is -1.54. The summed E-state index contributed by atoms with van der Waals surface area (Å²) in [5, 5.41) is 9.86. The van der Waals surface area contributed by atoms with Crippen LogP contribution < -0.4 is 14.2 Å². The number of morpholine rings is 1. The molecule has 2 rings (SSSR count). The highest BCUT2D eigenvalue weighted by molar-refractivity contribution is 5.51. The third-order valence-corrected chi connectivity index (χ3v) is 3.85. The number of β-amino-alcohol motifs (C(OH)–C–C–N with tert-alkyl or cyclic N) is 1. The van der Waals surface area contributed by atoms with Crippen molar-refractivity contribution in [3.05, 3.63) is 18.2 Å². The van der Waals surface area contributed by atoms with Crippen LogP contribution in [0.15, 0.2) is 18.2 Å². The number of rotatable bonds is 9. The van der Waals surface area contributed by atoms with E-state index >= 15 is 0 Å². The lowest BCUT2D eigenvalue weighted by Gasteiger charge is -2.33. The van der Waals surface area contributed by atoms with Crippen LogP contribution in [-0.2, 0) is 9.47 Å². The molecule has 136 valence electrons. The Kier molecular flexibility index (Phi) is 7.58. The van der Waals surface area contributed by atoms with Crippen LogP contribution >= 0.6 is 0 Å². The highest BCUT2D eigenvalue weighted by Gasteiger charge is 2.24. The number of benzene rings is 1. The molecule has 0 amide bonds. The molecule has 0 saturated carbocycles. The Bertz CT molecular complexity index is 476. The number of aliphatic hydroxyl groups is 1. The number of methoxy groups -OCH3 is 3. The van der Waals surface area contributed by atoms with Crippen molar-refractivity contribution in [3.8, 4) is 17.2 Å². The third-order valence-electron chi connectivity index (χ3n) is 3.85. The second kappa shape index (κ2) is 9.68. The zero-order chi connectivity index (χ0) is 17.4. The Balaban J connectivity index is 1.90. The fourth-order valence-corrected chi connectivity index (χ4v) is 2.73. The number of aliphatic hydroxyl groups excluding tert-OH is 1. The van der Waals surface area contributed by atoms with Gasteiger partial charge in [-0.25, -0.2) is 0 Å². The number of nitrogens with zero attached hydrogens (tertiary/aromatic N) is 1. The summed E-state index contributed by atoms with van der Waals surface area (Å²) in [6, 6.07) is 5.50. The Morgan fingerprint density at radius 2 is 1.96 bits per heavy atom. The van der Waals surface area contributed by atoms with Crippen molar-refractivity contribution in [3.63, 3.8) is 0 Å². The predicted molar refractivity (Wildman–Crippen MR) is 89.1 cm³/mol. The van der Waals surface area contributed by atoms with Crippen LogP contribution in [0.3, 0.4) is 0 Å². The van der Waals surface area contributed by atoms with E-state index in [-0.39, 0.29) is 6.10 Å². The van der Waals surface area contributed by atoms with E-state index in [9.17, 15) is 5.11 Å². The van der Waals surface area contributed by atoms with Crippen molar-refractivity contribution in [1.29, 1.82) is 0 Å². The molecule has 2 atom stereocenters. The van der Waals surface area contributed by atoms with Crippen LogP contribution in [0.4, 0.5) is 0 Å². The second-order valence-corrected chi connectivity index (χ2v) is 5.66. The van der Waals surface area contributed by atoms with Crippen molar-refractivity contribution >= 4 is 0 Å². The normalized spacial score (nSPS) is 19.8. The number of para-hydroxylation sites is 1.